The van der Waals surface area contributed by atoms with Crippen LogP contribution in [-0.2, 0) is 11.3 Å². The van der Waals surface area contributed by atoms with Crippen molar-refractivity contribution in [1.29, 1.82) is 0 Å². The molecule has 5 heteroatoms. The highest BCUT2D eigenvalue weighted by Crippen LogP contribution is 2.27. The van der Waals surface area contributed by atoms with Crippen molar-refractivity contribution in [2.45, 2.75) is 25.9 Å². The van der Waals surface area contributed by atoms with Crippen LogP contribution in [0, 0.1) is 17.6 Å². The Bertz CT molecular complexity index is 444. The fourth-order valence-electron chi connectivity index (χ4n) is 2.49. The van der Waals surface area contributed by atoms with Crippen molar-refractivity contribution in [3.8, 4) is 0 Å². The van der Waals surface area contributed by atoms with Crippen LogP contribution in [0.2, 0.25) is 0 Å². The van der Waals surface area contributed by atoms with Crippen LogP contribution in [0.1, 0.15) is 18.9 Å². The van der Waals surface area contributed by atoms with E-state index in [2.05, 4.69) is 0 Å². The van der Waals surface area contributed by atoms with Crippen LogP contribution in [0.15, 0.2) is 18.2 Å². The van der Waals surface area contributed by atoms with Gasteiger partial charge in [-0.3, -0.25) is 9.69 Å². The molecular weight excluding hydrogens is 240 g/mol. The predicted molar refractivity (Wildman–Crippen MR) is 62.0 cm³/mol. The molecule has 0 amide bonds. The highest BCUT2D eigenvalue weighted by Gasteiger charge is 2.37. The zero-order valence-corrected chi connectivity index (χ0v) is 10.1. The zero-order valence-electron chi connectivity index (χ0n) is 10.1. The van der Waals surface area contributed by atoms with Gasteiger partial charge in [0.05, 0.1) is 0 Å². The van der Waals surface area contributed by atoms with E-state index in [1.54, 1.807) is 4.90 Å². The largest absolute Gasteiger partial charge is 0.480 e. The van der Waals surface area contributed by atoms with Crippen molar-refractivity contribution in [1.82, 2.24) is 4.90 Å². The van der Waals surface area contributed by atoms with Gasteiger partial charge in [-0.25, -0.2) is 8.78 Å². The van der Waals surface area contributed by atoms with Crippen LogP contribution in [-0.4, -0.2) is 28.6 Å². The summed E-state index contributed by atoms with van der Waals surface area (Å²) in [5.41, 5.74) is -0.0575. The lowest BCUT2D eigenvalue weighted by atomic mass is 10.0. The molecule has 18 heavy (non-hydrogen) atoms. The van der Waals surface area contributed by atoms with Crippen LogP contribution >= 0.6 is 0 Å². The Hall–Kier alpha value is -1.49. The number of likely N-dealkylation sites (tertiary alicyclic amines) is 1. The van der Waals surface area contributed by atoms with E-state index >= 15 is 0 Å². The Labute approximate surface area is 104 Å². The van der Waals surface area contributed by atoms with E-state index in [1.807, 2.05) is 6.92 Å². The van der Waals surface area contributed by atoms with E-state index < -0.39 is 23.6 Å². The number of nitrogens with zero attached hydrogens (tertiary/aromatic N) is 1. The smallest absolute Gasteiger partial charge is 0.321 e. The van der Waals surface area contributed by atoms with Crippen molar-refractivity contribution in [2.75, 3.05) is 6.54 Å². The van der Waals surface area contributed by atoms with Gasteiger partial charge in [-0.1, -0.05) is 13.0 Å². The Morgan fingerprint density at radius 1 is 1.44 bits per heavy atom. The van der Waals surface area contributed by atoms with Gasteiger partial charge in [-0.2, -0.15) is 0 Å². The monoisotopic (exact) mass is 255 g/mol. The van der Waals surface area contributed by atoms with Gasteiger partial charge in [-0.15, -0.1) is 0 Å². The van der Waals surface area contributed by atoms with E-state index in [0.717, 1.165) is 6.42 Å². The van der Waals surface area contributed by atoms with Gasteiger partial charge in [0.1, 0.15) is 17.7 Å². The van der Waals surface area contributed by atoms with E-state index in [-0.39, 0.29) is 18.0 Å². The normalized spacial score (nSPS) is 24.4. The molecule has 1 aromatic rings. The van der Waals surface area contributed by atoms with Crippen molar-refractivity contribution >= 4 is 5.97 Å². The molecule has 3 nitrogen and oxygen atoms in total. The number of carbonyl (C=O) groups is 1. The molecule has 1 saturated heterocycles. The average Bonchev–Trinajstić information content (AvgIpc) is 2.65. The molecule has 0 aromatic heterocycles. The van der Waals surface area contributed by atoms with Crippen molar-refractivity contribution in [2.24, 2.45) is 5.92 Å². The number of rotatable bonds is 3. The minimum absolute atomic E-state index is 0.000185. The SMILES string of the molecule is CC1CCN(Cc2c(F)cccc2F)C1C(=O)O. The molecule has 0 spiro atoms. The molecular formula is C13H15F2NO2. The summed E-state index contributed by atoms with van der Waals surface area (Å²) in [6, 6.07) is 3.01. The van der Waals surface area contributed by atoms with Gasteiger partial charge in [0.25, 0.3) is 0 Å². The number of benzene rings is 1. The van der Waals surface area contributed by atoms with Gasteiger partial charge in [0.2, 0.25) is 0 Å². The van der Waals surface area contributed by atoms with E-state index in [1.165, 1.54) is 18.2 Å². The first kappa shape index (κ1) is 13.0. The highest BCUT2D eigenvalue weighted by molar-refractivity contribution is 5.74. The van der Waals surface area contributed by atoms with Crippen molar-refractivity contribution < 1.29 is 18.7 Å². The second-order valence-electron chi connectivity index (χ2n) is 4.72. The van der Waals surface area contributed by atoms with Gasteiger partial charge < -0.3 is 5.11 Å². The maximum atomic E-state index is 13.5. The first-order valence-corrected chi connectivity index (χ1v) is 5.90. The van der Waals surface area contributed by atoms with Gasteiger partial charge in [-0.05, 0) is 31.0 Å². The standard InChI is InChI=1S/C13H15F2NO2/c1-8-5-6-16(12(8)13(17)18)7-9-10(14)3-2-4-11(9)15/h2-4,8,12H,5-7H2,1H3,(H,17,18). The lowest BCUT2D eigenvalue weighted by Crippen LogP contribution is -2.38. The van der Waals surface area contributed by atoms with Gasteiger partial charge in [0.15, 0.2) is 0 Å². The third-order valence-corrected chi connectivity index (χ3v) is 3.48. The summed E-state index contributed by atoms with van der Waals surface area (Å²) < 4.78 is 27.0. The van der Waals surface area contributed by atoms with E-state index in [9.17, 15) is 13.6 Å². The van der Waals surface area contributed by atoms with Crippen LogP contribution in [0.5, 0.6) is 0 Å². The third-order valence-electron chi connectivity index (χ3n) is 3.48. The lowest BCUT2D eigenvalue weighted by Gasteiger charge is -2.23. The van der Waals surface area contributed by atoms with Crippen LogP contribution < -0.4 is 0 Å². The predicted octanol–water partition coefficient (Wildman–Crippen LogP) is 2.26. The fourth-order valence-corrected chi connectivity index (χ4v) is 2.49. The number of hydrogen-bond donors (Lipinski definition) is 1. The van der Waals surface area contributed by atoms with Crippen molar-refractivity contribution in [3.63, 3.8) is 0 Å². The molecule has 1 aliphatic rings. The number of carboxylic acids is 1. The maximum absolute atomic E-state index is 13.5. The number of aliphatic carboxylic acids is 1. The summed E-state index contributed by atoms with van der Waals surface area (Å²) >= 11 is 0. The lowest BCUT2D eigenvalue weighted by molar-refractivity contribution is -0.143. The van der Waals surface area contributed by atoms with Crippen LogP contribution in [0.3, 0.4) is 0 Å². The topological polar surface area (TPSA) is 40.5 Å². The zero-order chi connectivity index (χ0) is 13.3. The molecule has 2 rings (SSSR count). The molecule has 0 bridgehead atoms. The summed E-state index contributed by atoms with van der Waals surface area (Å²) in [7, 11) is 0. The summed E-state index contributed by atoms with van der Waals surface area (Å²) in [5, 5.41) is 9.14. The second-order valence-corrected chi connectivity index (χ2v) is 4.72. The molecule has 0 aliphatic carbocycles. The van der Waals surface area contributed by atoms with Crippen LogP contribution in [0.25, 0.3) is 0 Å². The molecule has 2 unspecified atom stereocenters. The summed E-state index contributed by atoms with van der Waals surface area (Å²) in [4.78, 5) is 12.8. The minimum Gasteiger partial charge on any atom is -0.480 e. The number of carboxylic acid groups (broad SMARTS) is 1. The van der Waals surface area contributed by atoms with E-state index in [0.29, 0.717) is 6.54 Å². The Balaban J connectivity index is 2.21. The van der Waals surface area contributed by atoms with E-state index in [4.69, 9.17) is 5.11 Å². The molecule has 0 saturated carbocycles. The molecule has 1 aromatic carbocycles. The average molecular weight is 255 g/mol. The second kappa shape index (κ2) is 5.02. The molecule has 1 N–H and O–H groups in total. The summed E-state index contributed by atoms with van der Waals surface area (Å²) in [6.45, 7) is 2.39. The third kappa shape index (κ3) is 2.36. The first-order valence-electron chi connectivity index (χ1n) is 5.90. The summed E-state index contributed by atoms with van der Waals surface area (Å²) in [5.74, 6) is -2.19. The molecule has 2 atom stereocenters. The molecule has 98 valence electrons. The first-order chi connectivity index (χ1) is 8.50. The quantitative estimate of drug-likeness (QED) is 0.900. The Morgan fingerprint density at radius 2 is 2.06 bits per heavy atom. The maximum Gasteiger partial charge on any atom is 0.321 e. The van der Waals surface area contributed by atoms with Gasteiger partial charge in [0, 0.05) is 12.1 Å². The Morgan fingerprint density at radius 3 is 2.61 bits per heavy atom. The summed E-state index contributed by atoms with van der Waals surface area (Å²) in [6.07, 6.45) is 0.729. The molecule has 1 fully saturated rings. The number of hydrogen-bond acceptors (Lipinski definition) is 2. The molecule has 1 aliphatic heterocycles. The minimum atomic E-state index is -0.934. The highest BCUT2D eigenvalue weighted by atomic mass is 19.1. The number of halogens is 2. The van der Waals surface area contributed by atoms with Crippen molar-refractivity contribution in [3.05, 3.63) is 35.4 Å². The van der Waals surface area contributed by atoms with Gasteiger partial charge >= 0.3 is 5.97 Å². The molecule has 0 radical (unpaired) electrons. The van der Waals surface area contributed by atoms with Crippen LogP contribution in [0.4, 0.5) is 8.78 Å². The Kier molecular flexibility index (Phi) is 3.61. The fraction of sp³-hybridized carbons (Fsp3) is 0.462. The molecule has 1 heterocycles.